The van der Waals surface area contributed by atoms with Gasteiger partial charge in [-0.1, -0.05) is 13.5 Å². The van der Waals surface area contributed by atoms with E-state index < -0.39 is 0 Å². The van der Waals surface area contributed by atoms with Gasteiger partial charge in [-0.3, -0.25) is 4.84 Å². The zero-order chi connectivity index (χ0) is 9.78. The summed E-state index contributed by atoms with van der Waals surface area (Å²) in [7, 11) is 3.70. The zero-order valence-corrected chi connectivity index (χ0v) is 8.39. The van der Waals surface area contributed by atoms with E-state index in [1.165, 1.54) is 0 Å². The van der Waals surface area contributed by atoms with Crippen molar-refractivity contribution in [3.8, 4) is 0 Å². The van der Waals surface area contributed by atoms with Crippen LogP contribution in [-0.2, 0) is 9.63 Å². The summed E-state index contributed by atoms with van der Waals surface area (Å²) in [6.45, 7) is 8.03. The summed E-state index contributed by atoms with van der Waals surface area (Å²) in [5.41, 5.74) is 0.442. The molecule has 0 aromatic rings. The molecular weight excluding hydrogens is 154 g/mol. The van der Waals surface area contributed by atoms with Crippen LogP contribution in [0.4, 0.5) is 0 Å². The maximum Gasteiger partial charge on any atom is 0.392 e. The van der Waals surface area contributed by atoms with Gasteiger partial charge in [0.2, 0.25) is 0 Å². The second-order valence-electron chi connectivity index (χ2n) is 3.46. The van der Waals surface area contributed by atoms with Crippen LogP contribution < -0.4 is 0 Å². The Balaban J connectivity index is 4.05. The first-order valence-electron chi connectivity index (χ1n) is 4.11. The fourth-order valence-corrected chi connectivity index (χ4v) is 0.887. The highest BCUT2D eigenvalue weighted by atomic mass is 16.7. The molecule has 0 aliphatic carbocycles. The molecule has 0 spiro atoms. The quantitative estimate of drug-likeness (QED) is 0.365. The molecule has 0 heterocycles. The molecule has 3 heteroatoms. The lowest BCUT2D eigenvalue weighted by Gasteiger charge is -2.25. The summed E-state index contributed by atoms with van der Waals surface area (Å²) in [5, 5.41) is 0. The number of hydrogen-bond donors (Lipinski definition) is 0. The van der Waals surface area contributed by atoms with Crippen molar-refractivity contribution in [3.05, 3.63) is 12.2 Å². The Morgan fingerprint density at radius 3 is 2.33 bits per heavy atom. The Labute approximate surface area is 74.2 Å². The average Bonchev–Trinajstić information content (AvgIpc) is 1.85. The van der Waals surface area contributed by atoms with Gasteiger partial charge in [0, 0.05) is 5.57 Å². The Kier molecular flexibility index (Phi) is 3.96. The minimum absolute atomic E-state index is 0.266. The molecule has 0 atom stereocenters. The maximum atomic E-state index is 11.1. The molecule has 0 aliphatic heterocycles. The molecule has 0 aromatic carbocycles. The standard InChI is InChI=1S/C9H18NO2/c1-6-7-10(4,5)12-9(11)8(2)3/h2,6-7H2,1,3-5H3/q+1. The number of carbonyl (C=O) groups is 1. The van der Waals surface area contributed by atoms with Gasteiger partial charge >= 0.3 is 5.97 Å². The van der Waals surface area contributed by atoms with E-state index in [0.29, 0.717) is 5.57 Å². The Morgan fingerprint density at radius 1 is 1.50 bits per heavy atom. The molecule has 0 saturated carbocycles. The van der Waals surface area contributed by atoms with Crippen LogP contribution in [0.2, 0.25) is 0 Å². The third-order valence-electron chi connectivity index (χ3n) is 1.44. The van der Waals surface area contributed by atoms with E-state index in [0.717, 1.165) is 13.0 Å². The van der Waals surface area contributed by atoms with Crippen LogP contribution in [-0.4, -0.2) is 31.3 Å². The largest absolute Gasteiger partial charge is 0.392 e. The van der Waals surface area contributed by atoms with Crippen molar-refractivity contribution in [3.63, 3.8) is 0 Å². The van der Waals surface area contributed by atoms with E-state index in [1.807, 2.05) is 14.1 Å². The lowest BCUT2D eigenvalue weighted by molar-refractivity contribution is -1.06. The molecule has 0 aliphatic rings. The molecule has 0 bridgehead atoms. The highest BCUT2D eigenvalue weighted by molar-refractivity contribution is 5.86. The minimum Gasteiger partial charge on any atom is -0.272 e. The normalized spacial score (nSPS) is 11.0. The van der Waals surface area contributed by atoms with Crippen LogP contribution in [0.1, 0.15) is 20.3 Å². The third-order valence-corrected chi connectivity index (χ3v) is 1.44. The Morgan fingerprint density at radius 2 is 2.00 bits per heavy atom. The van der Waals surface area contributed by atoms with Gasteiger partial charge in [-0.25, -0.2) is 4.79 Å². The second kappa shape index (κ2) is 4.26. The molecule has 0 radical (unpaired) electrons. The molecule has 70 valence electrons. The van der Waals surface area contributed by atoms with Crippen LogP contribution in [0, 0.1) is 0 Å². The zero-order valence-electron chi connectivity index (χ0n) is 8.39. The van der Waals surface area contributed by atoms with E-state index in [2.05, 4.69) is 13.5 Å². The van der Waals surface area contributed by atoms with Gasteiger partial charge in [0.25, 0.3) is 0 Å². The van der Waals surface area contributed by atoms with Gasteiger partial charge in [-0.2, -0.15) is 0 Å². The number of nitrogens with zero attached hydrogens (tertiary/aromatic N) is 1. The van der Waals surface area contributed by atoms with Gasteiger partial charge in [0.15, 0.2) is 0 Å². The van der Waals surface area contributed by atoms with Crippen LogP contribution in [0.3, 0.4) is 0 Å². The van der Waals surface area contributed by atoms with Crippen LogP contribution in [0.25, 0.3) is 0 Å². The molecule has 12 heavy (non-hydrogen) atoms. The van der Waals surface area contributed by atoms with E-state index in [4.69, 9.17) is 4.84 Å². The Bertz CT molecular complexity index is 185. The van der Waals surface area contributed by atoms with Crippen LogP contribution in [0.5, 0.6) is 0 Å². The topological polar surface area (TPSA) is 26.3 Å². The molecule has 0 rings (SSSR count). The van der Waals surface area contributed by atoms with Crippen molar-refractivity contribution in [2.75, 3.05) is 20.6 Å². The fraction of sp³-hybridized carbons (Fsp3) is 0.667. The first kappa shape index (κ1) is 11.2. The molecule has 0 N–H and O–H groups in total. The van der Waals surface area contributed by atoms with Gasteiger partial charge in [-0.05, 0) is 13.3 Å². The maximum absolute atomic E-state index is 11.1. The summed E-state index contributed by atoms with van der Waals surface area (Å²) in [5.74, 6) is -0.326. The Hall–Kier alpha value is -0.830. The SMILES string of the molecule is C=C(C)C(=O)O[N+](C)(C)CCC. The van der Waals surface area contributed by atoms with E-state index >= 15 is 0 Å². The summed E-state index contributed by atoms with van der Waals surface area (Å²) in [6, 6.07) is 0. The molecule has 0 fully saturated rings. The summed E-state index contributed by atoms with van der Waals surface area (Å²) >= 11 is 0. The van der Waals surface area contributed by atoms with Gasteiger partial charge in [0.05, 0.1) is 0 Å². The highest BCUT2D eigenvalue weighted by Crippen LogP contribution is 2.04. The number of carbonyl (C=O) groups excluding carboxylic acids is 1. The fourth-order valence-electron chi connectivity index (χ4n) is 0.887. The predicted octanol–water partition coefficient (Wildman–Crippen LogP) is 1.51. The van der Waals surface area contributed by atoms with Crippen molar-refractivity contribution >= 4 is 5.97 Å². The average molecular weight is 172 g/mol. The van der Waals surface area contributed by atoms with Crippen LogP contribution in [0.15, 0.2) is 12.2 Å². The lowest BCUT2D eigenvalue weighted by Crippen LogP contribution is -2.42. The monoisotopic (exact) mass is 172 g/mol. The molecular formula is C9H18NO2+. The highest BCUT2D eigenvalue weighted by Gasteiger charge is 2.20. The van der Waals surface area contributed by atoms with Crippen molar-refractivity contribution in [2.24, 2.45) is 0 Å². The lowest BCUT2D eigenvalue weighted by atomic mass is 10.4. The van der Waals surface area contributed by atoms with Gasteiger partial charge in [-0.15, -0.1) is 4.65 Å². The predicted molar refractivity (Wildman–Crippen MR) is 48.2 cm³/mol. The summed E-state index contributed by atoms with van der Waals surface area (Å²) in [4.78, 5) is 16.2. The van der Waals surface area contributed by atoms with Crippen molar-refractivity contribution in [1.82, 2.24) is 0 Å². The molecule has 3 nitrogen and oxygen atoms in total. The minimum atomic E-state index is -0.326. The van der Waals surface area contributed by atoms with Crippen molar-refractivity contribution < 1.29 is 14.3 Å². The molecule has 0 amide bonds. The van der Waals surface area contributed by atoms with Crippen molar-refractivity contribution in [1.29, 1.82) is 0 Å². The van der Waals surface area contributed by atoms with Crippen molar-refractivity contribution in [2.45, 2.75) is 20.3 Å². The third kappa shape index (κ3) is 4.13. The van der Waals surface area contributed by atoms with Gasteiger partial charge < -0.3 is 0 Å². The number of quaternary nitrogens is 1. The summed E-state index contributed by atoms with van der Waals surface area (Å²) in [6.07, 6.45) is 0.983. The number of hydroxylamine groups is 3. The first-order chi connectivity index (χ1) is 5.39. The van der Waals surface area contributed by atoms with Gasteiger partial charge in [0.1, 0.15) is 20.6 Å². The van der Waals surface area contributed by atoms with E-state index in [9.17, 15) is 4.79 Å². The molecule has 0 aromatic heterocycles. The van der Waals surface area contributed by atoms with E-state index in [-0.39, 0.29) is 10.6 Å². The first-order valence-corrected chi connectivity index (χ1v) is 4.11. The molecule has 0 saturated heterocycles. The summed E-state index contributed by atoms with van der Waals surface area (Å²) < 4.78 is 0.266. The second-order valence-corrected chi connectivity index (χ2v) is 3.46. The molecule has 0 unspecified atom stereocenters. The number of hydrogen-bond acceptors (Lipinski definition) is 2. The smallest absolute Gasteiger partial charge is 0.272 e. The number of rotatable bonds is 4. The van der Waals surface area contributed by atoms with E-state index in [1.54, 1.807) is 6.92 Å². The van der Waals surface area contributed by atoms with Crippen LogP contribution >= 0.6 is 0 Å².